The number of rotatable bonds is 11. The number of hydrogen-bond donors (Lipinski definition) is 2. The number of anilines is 1. The molecule has 2 heterocycles. The monoisotopic (exact) mass is 499 g/mol. The standard InChI is InChI=1S/C31H41N5O/c1-6-8-14-26-34-28-29(24-12-10-11-13-25(24)33-30(28)35-31(3,4)5)36(26)21-23-18-16-22(17-19-23)20-32-27(37)15-9-7-2/h10-13,16-19H,6-9,14-15,20-21H2,1-5H3,(H,32,37)(H,33,35). The highest BCUT2D eigenvalue weighted by Crippen LogP contribution is 2.32. The lowest BCUT2D eigenvalue weighted by Gasteiger charge is -2.22. The van der Waals surface area contributed by atoms with Crippen LogP contribution in [0.1, 0.15) is 83.7 Å². The summed E-state index contributed by atoms with van der Waals surface area (Å²) in [5.74, 6) is 2.06. The second-order valence-corrected chi connectivity index (χ2v) is 11.0. The summed E-state index contributed by atoms with van der Waals surface area (Å²) in [5.41, 5.74) is 5.24. The summed E-state index contributed by atoms with van der Waals surface area (Å²) in [7, 11) is 0. The number of nitrogens with one attached hydrogen (secondary N) is 2. The second-order valence-electron chi connectivity index (χ2n) is 11.0. The van der Waals surface area contributed by atoms with Crippen LogP contribution < -0.4 is 10.6 Å². The Labute approximate surface area is 220 Å². The molecular weight excluding hydrogens is 458 g/mol. The highest BCUT2D eigenvalue weighted by molar-refractivity contribution is 6.07. The number of unbranched alkanes of at least 4 members (excludes halogenated alkanes) is 2. The molecule has 196 valence electrons. The number of pyridine rings is 1. The van der Waals surface area contributed by atoms with Crippen LogP contribution in [-0.4, -0.2) is 26.0 Å². The summed E-state index contributed by atoms with van der Waals surface area (Å²) in [6.45, 7) is 12.1. The molecule has 0 saturated heterocycles. The van der Waals surface area contributed by atoms with Crippen LogP contribution in [0.2, 0.25) is 0 Å². The number of para-hydroxylation sites is 1. The normalized spacial score (nSPS) is 11.8. The van der Waals surface area contributed by atoms with Crippen molar-refractivity contribution in [2.24, 2.45) is 0 Å². The van der Waals surface area contributed by atoms with Crippen molar-refractivity contribution < 1.29 is 4.79 Å². The van der Waals surface area contributed by atoms with Gasteiger partial charge in [-0.1, -0.05) is 69.2 Å². The van der Waals surface area contributed by atoms with Crippen LogP contribution in [0.15, 0.2) is 48.5 Å². The number of imidazole rings is 1. The van der Waals surface area contributed by atoms with Crippen molar-refractivity contribution in [3.05, 3.63) is 65.5 Å². The molecule has 6 heteroatoms. The fourth-order valence-corrected chi connectivity index (χ4v) is 4.59. The molecule has 6 nitrogen and oxygen atoms in total. The zero-order chi connectivity index (χ0) is 26.4. The Balaban J connectivity index is 1.70. The Morgan fingerprint density at radius 3 is 2.32 bits per heavy atom. The quantitative estimate of drug-likeness (QED) is 0.233. The molecule has 0 spiro atoms. The molecule has 0 radical (unpaired) electrons. The highest BCUT2D eigenvalue weighted by atomic mass is 16.1. The van der Waals surface area contributed by atoms with Gasteiger partial charge in [0.15, 0.2) is 5.82 Å². The molecule has 2 N–H and O–H groups in total. The first-order valence-electron chi connectivity index (χ1n) is 13.7. The zero-order valence-corrected chi connectivity index (χ0v) is 23.0. The van der Waals surface area contributed by atoms with Crippen LogP contribution in [0.4, 0.5) is 5.82 Å². The number of fused-ring (bicyclic) bond motifs is 3. The number of hydrogen-bond acceptors (Lipinski definition) is 4. The van der Waals surface area contributed by atoms with Crippen LogP contribution in [0.3, 0.4) is 0 Å². The van der Waals surface area contributed by atoms with Crippen LogP contribution in [0.25, 0.3) is 21.9 Å². The Kier molecular flexibility index (Phi) is 8.47. The number of carbonyl (C=O) groups excluding carboxylic acids is 1. The maximum atomic E-state index is 12.0. The molecule has 0 fully saturated rings. The van der Waals surface area contributed by atoms with E-state index in [2.05, 4.69) is 92.3 Å². The third-order valence-corrected chi connectivity index (χ3v) is 6.52. The maximum Gasteiger partial charge on any atom is 0.220 e. The van der Waals surface area contributed by atoms with Gasteiger partial charge in [-0.05, 0) is 50.8 Å². The van der Waals surface area contributed by atoms with Crippen molar-refractivity contribution in [2.75, 3.05) is 5.32 Å². The lowest BCUT2D eigenvalue weighted by atomic mass is 10.1. The Morgan fingerprint density at radius 1 is 0.919 bits per heavy atom. The number of aryl methyl sites for hydroxylation is 1. The van der Waals surface area contributed by atoms with Gasteiger partial charge in [0.05, 0.1) is 11.0 Å². The number of aromatic nitrogens is 3. The fraction of sp³-hybridized carbons (Fsp3) is 0.452. The van der Waals surface area contributed by atoms with Gasteiger partial charge < -0.3 is 15.2 Å². The van der Waals surface area contributed by atoms with E-state index >= 15 is 0 Å². The van der Waals surface area contributed by atoms with Gasteiger partial charge in [0.1, 0.15) is 11.3 Å². The van der Waals surface area contributed by atoms with Crippen LogP contribution in [-0.2, 0) is 24.3 Å². The first-order valence-corrected chi connectivity index (χ1v) is 13.7. The first kappa shape index (κ1) is 26.6. The second kappa shape index (κ2) is 11.8. The molecule has 0 aliphatic heterocycles. The van der Waals surface area contributed by atoms with Gasteiger partial charge in [0, 0.05) is 36.9 Å². The van der Waals surface area contributed by atoms with Crippen LogP contribution in [0.5, 0.6) is 0 Å². The highest BCUT2D eigenvalue weighted by Gasteiger charge is 2.21. The molecule has 4 rings (SSSR count). The van der Waals surface area contributed by atoms with E-state index in [1.165, 1.54) is 5.56 Å². The summed E-state index contributed by atoms with van der Waals surface area (Å²) in [6, 6.07) is 16.9. The molecule has 2 aromatic carbocycles. The van der Waals surface area contributed by atoms with E-state index in [4.69, 9.17) is 9.97 Å². The molecule has 0 aliphatic carbocycles. The maximum absolute atomic E-state index is 12.0. The number of nitrogens with zero attached hydrogens (tertiary/aromatic N) is 3. The average molecular weight is 500 g/mol. The SMILES string of the molecule is CCCCC(=O)NCc1ccc(Cn2c(CCCC)nc3c(NC(C)(C)C)nc4ccccc4c32)cc1. The minimum absolute atomic E-state index is 0.122. The van der Waals surface area contributed by atoms with E-state index in [1.807, 2.05) is 6.07 Å². The van der Waals surface area contributed by atoms with Crippen LogP contribution in [0, 0.1) is 0 Å². The van der Waals surface area contributed by atoms with Gasteiger partial charge in [-0.15, -0.1) is 0 Å². The van der Waals surface area contributed by atoms with Crippen molar-refractivity contribution in [2.45, 2.75) is 91.8 Å². The number of amides is 1. The predicted octanol–water partition coefficient (Wildman–Crippen LogP) is 6.99. The predicted molar refractivity (Wildman–Crippen MR) is 154 cm³/mol. The molecule has 1 amide bonds. The van der Waals surface area contributed by atoms with E-state index in [0.717, 1.165) is 77.8 Å². The van der Waals surface area contributed by atoms with Crippen molar-refractivity contribution in [1.82, 2.24) is 19.9 Å². The lowest BCUT2D eigenvalue weighted by molar-refractivity contribution is -0.121. The van der Waals surface area contributed by atoms with Gasteiger partial charge >= 0.3 is 0 Å². The van der Waals surface area contributed by atoms with Gasteiger partial charge in [-0.2, -0.15) is 0 Å². The molecule has 0 atom stereocenters. The molecule has 4 aromatic rings. The van der Waals surface area contributed by atoms with E-state index in [9.17, 15) is 4.79 Å². The van der Waals surface area contributed by atoms with Crippen LogP contribution >= 0.6 is 0 Å². The van der Waals surface area contributed by atoms with E-state index < -0.39 is 0 Å². The molecule has 37 heavy (non-hydrogen) atoms. The average Bonchev–Trinajstić information content (AvgIpc) is 3.23. The summed E-state index contributed by atoms with van der Waals surface area (Å²) < 4.78 is 2.38. The topological polar surface area (TPSA) is 71.8 Å². The molecule has 2 aromatic heterocycles. The third-order valence-electron chi connectivity index (χ3n) is 6.52. The summed E-state index contributed by atoms with van der Waals surface area (Å²) in [6.07, 6.45) is 5.70. The number of carbonyl (C=O) groups is 1. The van der Waals surface area contributed by atoms with Crippen molar-refractivity contribution in [1.29, 1.82) is 0 Å². The zero-order valence-electron chi connectivity index (χ0n) is 23.0. The number of benzene rings is 2. The van der Waals surface area contributed by atoms with Crippen molar-refractivity contribution in [3.8, 4) is 0 Å². The molecular formula is C31H41N5O. The molecule has 0 aliphatic rings. The summed E-state index contributed by atoms with van der Waals surface area (Å²) >= 11 is 0. The fourth-order valence-electron chi connectivity index (χ4n) is 4.59. The third kappa shape index (κ3) is 6.68. The molecule has 0 bridgehead atoms. The Bertz CT molecular complexity index is 1350. The first-order chi connectivity index (χ1) is 17.8. The molecule has 0 unspecified atom stereocenters. The minimum atomic E-state index is -0.127. The van der Waals surface area contributed by atoms with Gasteiger partial charge in [0.2, 0.25) is 5.91 Å². The Hall–Kier alpha value is -3.41. The Morgan fingerprint density at radius 2 is 1.62 bits per heavy atom. The van der Waals surface area contributed by atoms with Gasteiger partial charge in [-0.3, -0.25) is 4.79 Å². The smallest absolute Gasteiger partial charge is 0.220 e. The summed E-state index contributed by atoms with van der Waals surface area (Å²) in [5, 5.41) is 7.75. The van der Waals surface area contributed by atoms with Gasteiger partial charge in [0.25, 0.3) is 0 Å². The largest absolute Gasteiger partial charge is 0.364 e. The minimum Gasteiger partial charge on any atom is -0.364 e. The lowest BCUT2D eigenvalue weighted by Crippen LogP contribution is -2.26. The van der Waals surface area contributed by atoms with Crippen molar-refractivity contribution >= 4 is 33.7 Å². The van der Waals surface area contributed by atoms with E-state index in [1.54, 1.807) is 0 Å². The summed E-state index contributed by atoms with van der Waals surface area (Å²) in [4.78, 5) is 22.1. The van der Waals surface area contributed by atoms with Gasteiger partial charge in [-0.25, -0.2) is 9.97 Å². The molecule has 0 saturated carbocycles. The van der Waals surface area contributed by atoms with E-state index in [-0.39, 0.29) is 11.4 Å². The van der Waals surface area contributed by atoms with E-state index in [0.29, 0.717) is 13.0 Å². The van der Waals surface area contributed by atoms with Crippen molar-refractivity contribution in [3.63, 3.8) is 0 Å².